The molecule has 0 heterocycles. The molecule has 3 aromatic rings. The minimum Gasteiger partial charge on any atom is -0.507 e. The maximum Gasteiger partial charge on any atom is 0.198 e. The van der Waals surface area contributed by atoms with Gasteiger partial charge in [0.15, 0.2) is 17.3 Å². The molecule has 1 aliphatic rings. The van der Waals surface area contributed by atoms with Gasteiger partial charge in [0.05, 0.1) is 36.7 Å². The number of carbonyl (C=O) groups is 2. The first kappa shape index (κ1) is 25.1. The topological polar surface area (TPSA) is 119 Å². The van der Waals surface area contributed by atoms with Crippen LogP contribution in [0.25, 0.3) is 0 Å². The number of benzene rings is 3. The molecule has 0 aromatic heterocycles. The Balaban J connectivity index is 0.00000111. The number of fused-ring (bicyclic) bond motifs is 2. The van der Waals surface area contributed by atoms with Crippen molar-refractivity contribution in [3.63, 3.8) is 0 Å². The van der Waals surface area contributed by atoms with Crippen LogP contribution in [0.3, 0.4) is 0 Å². The van der Waals surface area contributed by atoms with Crippen LogP contribution >= 0.6 is 12.0 Å². The molecule has 0 bridgehead atoms. The molecule has 0 spiro atoms. The third-order valence-electron chi connectivity index (χ3n) is 4.36. The van der Waals surface area contributed by atoms with Gasteiger partial charge in [-0.15, -0.1) is 0 Å². The Kier molecular flexibility index (Phi) is 8.85. The minimum atomic E-state index is -0.466. The second-order valence-corrected chi connectivity index (χ2v) is 6.78. The fourth-order valence-electron chi connectivity index (χ4n) is 3.09. The molecule has 4 rings (SSSR count). The van der Waals surface area contributed by atoms with Gasteiger partial charge in [0, 0.05) is 54.8 Å². The molecule has 0 aliphatic heterocycles. The fourth-order valence-corrected chi connectivity index (χ4v) is 3.43. The van der Waals surface area contributed by atoms with Crippen molar-refractivity contribution in [1.29, 1.82) is 0 Å². The number of hydrogen-bond acceptors (Lipinski definition) is 8. The van der Waals surface area contributed by atoms with Crippen LogP contribution in [-0.2, 0) is 37.0 Å². The van der Waals surface area contributed by atoms with E-state index in [0.29, 0.717) is 10.6 Å². The Bertz CT molecular complexity index is 1120. The van der Waals surface area contributed by atoms with E-state index in [1.807, 2.05) is 0 Å². The number of phenols is 1. The second-order valence-electron chi connectivity index (χ2n) is 5.99. The number of ketones is 2. The molecule has 3 aromatic carbocycles. The summed E-state index contributed by atoms with van der Waals surface area (Å²) < 4.78 is 9.69. The molecule has 10 heteroatoms. The summed E-state index contributed by atoms with van der Waals surface area (Å²) >= 11 is 0.762. The molecule has 153 valence electrons. The van der Waals surface area contributed by atoms with Crippen molar-refractivity contribution in [3.8, 4) is 17.2 Å². The summed E-state index contributed by atoms with van der Waals surface area (Å²) in [7, 11) is 4.50. The van der Waals surface area contributed by atoms with Gasteiger partial charge in [0.2, 0.25) is 0 Å². The van der Waals surface area contributed by atoms with Gasteiger partial charge in [-0.1, -0.05) is 31.1 Å². The smallest absolute Gasteiger partial charge is 0.198 e. The van der Waals surface area contributed by atoms with E-state index in [0.717, 1.165) is 12.0 Å². The number of ether oxygens (including phenoxy) is 1. The van der Waals surface area contributed by atoms with Crippen molar-refractivity contribution < 1.29 is 61.7 Å². The van der Waals surface area contributed by atoms with Crippen LogP contribution in [0.5, 0.6) is 17.2 Å². The average Bonchev–Trinajstić information content (AvgIpc) is 2.77. The SMILES string of the molecule is Nc1c(Oc2ccc(SOO)cc2)cc(O)c2c1C(=O)c1ccccc1C2=O.[B]C.[Y]. The van der Waals surface area contributed by atoms with Gasteiger partial charge >= 0.3 is 0 Å². The number of anilines is 1. The van der Waals surface area contributed by atoms with E-state index < -0.39 is 11.6 Å². The van der Waals surface area contributed by atoms with Gasteiger partial charge < -0.3 is 15.6 Å². The van der Waals surface area contributed by atoms with Crippen molar-refractivity contribution in [1.82, 2.24) is 0 Å². The Morgan fingerprint density at radius 1 is 0.935 bits per heavy atom. The zero-order valence-corrected chi connectivity index (χ0v) is 20.0. The summed E-state index contributed by atoms with van der Waals surface area (Å²) in [4.78, 5) is 26.3. The summed E-state index contributed by atoms with van der Waals surface area (Å²) in [6.45, 7) is 1.50. The van der Waals surface area contributed by atoms with Crippen LogP contribution in [0.15, 0.2) is 59.5 Å². The summed E-state index contributed by atoms with van der Waals surface area (Å²) in [5.74, 6) is -0.867. The molecular weight excluding hydrogens is 494 g/mol. The van der Waals surface area contributed by atoms with Crippen LogP contribution < -0.4 is 10.5 Å². The number of nitrogens with two attached hydrogens (primary N) is 1. The molecule has 0 atom stereocenters. The summed E-state index contributed by atoms with van der Waals surface area (Å²) in [5.41, 5.74) is 6.37. The Morgan fingerprint density at radius 2 is 1.48 bits per heavy atom. The van der Waals surface area contributed by atoms with Gasteiger partial charge in [-0.05, 0) is 24.3 Å². The fraction of sp³-hybridized carbons (Fsp3) is 0.0476. The van der Waals surface area contributed by atoms with Gasteiger partial charge in [0.1, 0.15) is 11.5 Å². The normalized spacial score (nSPS) is 11.4. The Morgan fingerprint density at radius 3 is 2.03 bits per heavy atom. The van der Waals surface area contributed by atoms with Gasteiger partial charge in [-0.3, -0.25) is 9.59 Å². The van der Waals surface area contributed by atoms with E-state index in [4.69, 9.17) is 15.7 Å². The molecule has 0 fully saturated rings. The zero-order valence-electron chi connectivity index (χ0n) is 16.4. The third kappa shape index (κ3) is 4.86. The molecule has 1 aliphatic carbocycles. The van der Waals surface area contributed by atoms with E-state index >= 15 is 0 Å². The maximum absolute atomic E-state index is 12.9. The molecule has 7 nitrogen and oxygen atoms in total. The molecule has 0 saturated carbocycles. The Labute approximate surface area is 209 Å². The van der Waals surface area contributed by atoms with Gasteiger partial charge in [0.25, 0.3) is 0 Å². The van der Waals surface area contributed by atoms with E-state index in [1.165, 1.54) is 19.0 Å². The zero-order chi connectivity index (χ0) is 21.8. The van der Waals surface area contributed by atoms with Crippen molar-refractivity contribution in [2.24, 2.45) is 0 Å². The first-order chi connectivity index (χ1) is 14.5. The van der Waals surface area contributed by atoms with Crippen LogP contribution in [0.4, 0.5) is 5.69 Å². The summed E-state index contributed by atoms with van der Waals surface area (Å²) in [6.07, 6.45) is 0. The number of hydrogen-bond donors (Lipinski definition) is 3. The molecule has 31 heavy (non-hydrogen) atoms. The first-order valence-electron chi connectivity index (χ1n) is 8.69. The Hall–Kier alpha value is -2.16. The molecular formula is C21H16BNO6SY. The monoisotopic (exact) mass is 510 g/mol. The number of phenolic OH excluding ortho intramolecular Hbond substituents is 1. The summed E-state index contributed by atoms with van der Waals surface area (Å²) in [6, 6.07) is 14.1. The molecule has 3 radical (unpaired) electrons. The molecule has 0 amide bonds. The second kappa shape index (κ2) is 10.9. The average molecular weight is 510 g/mol. The van der Waals surface area contributed by atoms with Crippen LogP contribution in [0.2, 0.25) is 6.82 Å². The van der Waals surface area contributed by atoms with Gasteiger partial charge in [-0.2, -0.15) is 4.33 Å². The number of carbonyl (C=O) groups excluding carboxylic acids is 2. The van der Waals surface area contributed by atoms with Crippen LogP contribution in [0.1, 0.15) is 31.8 Å². The predicted molar refractivity (Wildman–Crippen MR) is 114 cm³/mol. The third-order valence-corrected chi connectivity index (χ3v) is 4.90. The van der Waals surface area contributed by atoms with Crippen molar-refractivity contribution in [2.45, 2.75) is 11.7 Å². The van der Waals surface area contributed by atoms with E-state index in [9.17, 15) is 14.7 Å². The van der Waals surface area contributed by atoms with Gasteiger partial charge in [-0.25, -0.2) is 5.26 Å². The summed E-state index contributed by atoms with van der Waals surface area (Å²) in [5, 5.41) is 18.9. The standard InChI is InChI=1S/C20H13NO6S.CH3B.Y/c21-18-15(26-10-5-7-11(8-6-10)28-27-25)9-14(22)16-17(18)20(24)13-4-2-1-3-12(13)19(16)23;1-2;/h1-9,22,25H,21H2;1H3;. The quantitative estimate of drug-likeness (QED) is 0.0933. The van der Waals surface area contributed by atoms with Crippen molar-refractivity contribution in [3.05, 3.63) is 76.9 Å². The molecule has 4 N–H and O–H groups in total. The first-order valence-corrected chi connectivity index (χ1v) is 9.43. The number of rotatable bonds is 4. The van der Waals surface area contributed by atoms with Crippen molar-refractivity contribution >= 4 is 37.1 Å². The van der Waals surface area contributed by atoms with E-state index in [-0.39, 0.29) is 72.1 Å². The number of nitrogen functional groups attached to an aromatic ring is 1. The minimum absolute atomic E-state index is 0. The predicted octanol–water partition coefficient (Wildman–Crippen LogP) is 4.24. The number of aromatic hydroxyl groups is 1. The molecule has 0 unspecified atom stereocenters. The maximum atomic E-state index is 12.9. The van der Waals surface area contributed by atoms with Crippen LogP contribution in [0, 0.1) is 0 Å². The van der Waals surface area contributed by atoms with E-state index in [2.05, 4.69) is 12.2 Å². The molecule has 0 saturated heterocycles. The van der Waals surface area contributed by atoms with Crippen LogP contribution in [-0.4, -0.2) is 29.8 Å². The van der Waals surface area contributed by atoms with E-state index in [1.54, 1.807) is 42.5 Å². The largest absolute Gasteiger partial charge is 0.507 e. The van der Waals surface area contributed by atoms with Crippen molar-refractivity contribution in [2.75, 3.05) is 5.73 Å².